The minimum Gasteiger partial charge on any atom is -0.329 e. The topological polar surface area (TPSA) is 111 Å². The summed E-state index contributed by atoms with van der Waals surface area (Å²) in [6, 6.07) is 5.45. The third kappa shape index (κ3) is 4.16. The van der Waals surface area contributed by atoms with Crippen LogP contribution in [-0.4, -0.2) is 36.5 Å². The molecule has 0 radical (unpaired) electrons. The van der Waals surface area contributed by atoms with Gasteiger partial charge in [0.15, 0.2) is 0 Å². The Balaban J connectivity index is 1.85. The number of pyridine rings is 2. The lowest BCUT2D eigenvalue weighted by Crippen LogP contribution is -2.06. The maximum Gasteiger partial charge on any atom is 0.471 e. The zero-order valence-electron chi connectivity index (χ0n) is 13.5. The van der Waals surface area contributed by atoms with E-state index in [9.17, 15) is 22.2 Å². The van der Waals surface area contributed by atoms with Crippen LogP contribution in [0.2, 0.25) is 0 Å². The first-order chi connectivity index (χ1) is 12.7. The molecule has 0 N–H and O–H groups in total. The van der Waals surface area contributed by atoms with E-state index in [0.717, 1.165) is 6.20 Å². The highest BCUT2D eigenvalue weighted by Gasteiger charge is 2.38. The molecule has 0 saturated heterocycles. The zero-order chi connectivity index (χ0) is 19.7. The molecule has 3 rings (SSSR count). The van der Waals surface area contributed by atoms with E-state index >= 15 is 0 Å². The average molecular weight is 397 g/mol. The van der Waals surface area contributed by atoms with Crippen LogP contribution in [0.1, 0.15) is 16.4 Å². The van der Waals surface area contributed by atoms with E-state index in [1.165, 1.54) is 42.9 Å². The first-order valence-corrected chi connectivity index (χ1v) is 9.13. The third-order valence-corrected chi connectivity index (χ3v) is 4.91. The van der Waals surface area contributed by atoms with Gasteiger partial charge in [-0.2, -0.15) is 22.5 Å². The highest BCUT2D eigenvalue weighted by molar-refractivity contribution is 7.93. The molecule has 0 spiro atoms. The van der Waals surface area contributed by atoms with E-state index in [1.54, 1.807) is 0 Å². The van der Waals surface area contributed by atoms with Gasteiger partial charge >= 0.3 is 18.0 Å². The van der Waals surface area contributed by atoms with Crippen LogP contribution < -0.4 is 0 Å². The van der Waals surface area contributed by atoms with Gasteiger partial charge in [-0.15, -0.1) is 0 Å². The van der Waals surface area contributed by atoms with Gasteiger partial charge in [-0.05, 0) is 24.3 Å². The lowest BCUT2D eigenvalue weighted by Gasteiger charge is -2.03. The van der Waals surface area contributed by atoms with Gasteiger partial charge in [-0.25, -0.2) is 4.21 Å². The molecule has 3 heterocycles. The van der Waals surface area contributed by atoms with Gasteiger partial charge in [-0.3, -0.25) is 14.8 Å². The quantitative estimate of drug-likeness (QED) is 0.668. The van der Waals surface area contributed by atoms with Crippen LogP contribution in [0.4, 0.5) is 13.2 Å². The summed E-state index contributed by atoms with van der Waals surface area (Å²) < 4.78 is 57.8. The van der Waals surface area contributed by atoms with Crippen LogP contribution in [0, 0.1) is 0 Å². The Kier molecular flexibility index (Phi) is 4.74. The molecule has 1 unspecified atom stereocenters. The van der Waals surface area contributed by atoms with Crippen LogP contribution in [0.25, 0.3) is 11.4 Å². The van der Waals surface area contributed by atoms with Gasteiger partial charge in [0.05, 0.1) is 14.6 Å². The van der Waals surface area contributed by atoms with Crippen LogP contribution in [0.5, 0.6) is 0 Å². The molecular formula is C15H10F3N5O3S. The molecule has 0 aliphatic rings. The van der Waals surface area contributed by atoms with Crippen molar-refractivity contribution < 1.29 is 26.7 Å². The Bertz CT molecular complexity index is 1090. The standard InChI is InChI=1S/C15H10F3N5O3S/c1-27(25,10-4-6-19-7-5-10)23-13(24)11-3-2-9(8-20-11)12-21-14(26-22-12)15(16,17)18/h2-8H,1H3. The molecule has 0 aliphatic heterocycles. The second-order valence-corrected chi connectivity index (χ2v) is 7.49. The Morgan fingerprint density at radius 1 is 1.19 bits per heavy atom. The number of alkyl halides is 3. The third-order valence-electron chi connectivity index (χ3n) is 3.25. The molecule has 0 saturated carbocycles. The van der Waals surface area contributed by atoms with E-state index in [-0.39, 0.29) is 17.1 Å². The van der Waals surface area contributed by atoms with Crippen molar-refractivity contribution in [3.05, 3.63) is 54.4 Å². The molecule has 27 heavy (non-hydrogen) atoms. The summed E-state index contributed by atoms with van der Waals surface area (Å²) in [5.41, 5.74) is -0.0286. The van der Waals surface area contributed by atoms with Gasteiger partial charge in [0, 0.05) is 30.4 Å². The van der Waals surface area contributed by atoms with E-state index in [4.69, 9.17) is 0 Å². The molecule has 3 aromatic rings. The predicted molar refractivity (Wildman–Crippen MR) is 85.9 cm³/mol. The summed E-state index contributed by atoms with van der Waals surface area (Å²) in [5, 5.41) is 3.22. The molecule has 1 atom stereocenters. The normalized spacial score (nSPS) is 13.8. The second kappa shape index (κ2) is 6.87. The Hall–Kier alpha value is -3.15. The molecule has 0 aromatic carbocycles. The van der Waals surface area contributed by atoms with Crippen LogP contribution in [0.15, 0.2) is 56.6 Å². The SMILES string of the molecule is CS(=O)(=NC(=O)c1ccc(-c2noc(C(F)(F)F)n2)cn1)c1ccncc1. The Morgan fingerprint density at radius 2 is 1.89 bits per heavy atom. The maximum atomic E-state index is 12.6. The Labute approximate surface area is 150 Å². The summed E-state index contributed by atoms with van der Waals surface area (Å²) in [5.74, 6) is -2.66. The summed E-state index contributed by atoms with van der Waals surface area (Å²) in [4.78, 5) is 23.4. The molecule has 1 amide bonds. The van der Waals surface area contributed by atoms with Crippen molar-refractivity contribution in [2.45, 2.75) is 11.1 Å². The fraction of sp³-hybridized carbons (Fsp3) is 0.133. The van der Waals surface area contributed by atoms with E-state index in [2.05, 4.69) is 29.0 Å². The van der Waals surface area contributed by atoms with Gasteiger partial charge < -0.3 is 4.52 Å². The molecule has 12 heteroatoms. The van der Waals surface area contributed by atoms with Gasteiger partial charge in [-0.1, -0.05) is 5.16 Å². The monoisotopic (exact) mass is 397 g/mol. The maximum absolute atomic E-state index is 12.6. The van der Waals surface area contributed by atoms with Crippen molar-refractivity contribution in [3.8, 4) is 11.4 Å². The fourth-order valence-corrected chi connectivity index (χ4v) is 3.10. The molecule has 0 bridgehead atoms. The second-order valence-electron chi connectivity index (χ2n) is 5.23. The van der Waals surface area contributed by atoms with Crippen molar-refractivity contribution in [3.63, 3.8) is 0 Å². The van der Waals surface area contributed by atoms with Crippen LogP contribution in [-0.2, 0) is 15.9 Å². The highest BCUT2D eigenvalue weighted by atomic mass is 32.2. The van der Waals surface area contributed by atoms with Gasteiger partial charge in [0.2, 0.25) is 5.82 Å². The summed E-state index contributed by atoms with van der Waals surface area (Å²) in [6.45, 7) is 0. The summed E-state index contributed by atoms with van der Waals surface area (Å²) in [7, 11) is -3.00. The van der Waals surface area contributed by atoms with Crippen molar-refractivity contribution >= 4 is 15.6 Å². The average Bonchev–Trinajstić information content (AvgIpc) is 3.13. The number of halogens is 3. The smallest absolute Gasteiger partial charge is 0.329 e. The molecule has 3 aromatic heterocycles. The van der Waals surface area contributed by atoms with Crippen LogP contribution >= 0.6 is 0 Å². The van der Waals surface area contributed by atoms with Crippen molar-refractivity contribution in [2.75, 3.05) is 6.26 Å². The number of hydrogen-bond acceptors (Lipinski definition) is 7. The number of nitrogens with zero attached hydrogens (tertiary/aromatic N) is 5. The molecule has 140 valence electrons. The van der Waals surface area contributed by atoms with Crippen molar-refractivity contribution in [2.24, 2.45) is 4.36 Å². The number of aromatic nitrogens is 4. The molecule has 8 nitrogen and oxygen atoms in total. The first kappa shape index (κ1) is 18.6. The van der Waals surface area contributed by atoms with E-state index in [1.807, 2.05) is 0 Å². The van der Waals surface area contributed by atoms with E-state index in [0.29, 0.717) is 4.90 Å². The fourth-order valence-electron chi connectivity index (χ4n) is 1.96. The van der Waals surface area contributed by atoms with E-state index < -0.39 is 27.7 Å². The first-order valence-electron chi connectivity index (χ1n) is 7.21. The number of hydrogen-bond donors (Lipinski definition) is 0. The number of rotatable bonds is 3. The van der Waals surface area contributed by atoms with Gasteiger partial charge in [0.1, 0.15) is 5.69 Å². The summed E-state index contributed by atoms with van der Waals surface area (Å²) in [6.07, 6.45) is 0.476. The van der Waals surface area contributed by atoms with Gasteiger partial charge in [0.25, 0.3) is 0 Å². The lowest BCUT2D eigenvalue weighted by molar-refractivity contribution is -0.159. The molecular weight excluding hydrogens is 387 g/mol. The predicted octanol–water partition coefficient (Wildman–Crippen LogP) is 2.84. The number of carbonyl (C=O) groups excluding carboxylic acids is 1. The van der Waals surface area contributed by atoms with Crippen molar-refractivity contribution in [1.82, 2.24) is 20.1 Å². The highest BCUT2D eigenvalue weighted by Crippen LogP contribution is 2.29. The number of amides is 1. The zero-order valence-corrected chi connectivity index (χ0v) is 14.4. The number of carbonyl (C=O) groups is 1. The Morgan fingerprint density at radius 3 is 2.44 bits per heavy atom. The minimum absolute atomic E-state index is 0.108. The lowest BCUT2D eigenvalue weighted by atomic mass is 10.2. The molecule has 0 aliphatic carbocycles. The van der Waals surface area contributed by atoms with Crippen LogP contribution in [0.3, 0.4) is 0 Å². The molecule has 0 fully saturated rings. The van der Waals surface area contributed by atoms with Crippen molar-refractivity contribution in [1.29, 1.82) is 0 Å². The largest absolute Gasteiger partial charge is 0.471 e. The minimum atomic E-state index is -4.76. The summed E-state index contributed by atoms with van der Waals surface area (Å²) >= 11 is 0.